The van der Waals surface area contributed by atoms with Gasteiger partial charge in [0.1, 0.15) is 16.6 Å². The third-order valence-corrected chi connectivity index (χ3v) is 6.54. The number of ether oxygens (including phenoxy) is 1. The van der Waals surface area contributed by atoms with Crippen LogP contribution >= 0.6 is 11.6 Å². The molecule has 0 saturated carbocycles. The number of carbonyl (C=O) groups excluding carboxylic acids is 2. The lowest BCUT2D eigenvalue weighted by molar-refractivity contribution is 0.0195. The van der Waals surface area contributed by atoms with E-state index >= 15 is 0 Å². The van der Waals surface area contributed by atoms with E-state index < -0.39 is 11.7 Å². The number of H-pyrrole nitrogens is 1. The Bertz CT molecular complexity index is 1210. The average molecular weight is 500 g/mol. The molecule has 1 unspecified atom stereocenters. The number of imidazole rings is 1. The molecule has 9 heteroatoms. The van der Waals surface area contributed by atoms with E-state index in [1.807, 2.05) is 39.1 Å². The molecule has 0 radical (unpaired) electrons. The summed E-state index contributed by atoms with van der Waals surface area (Å²) in [4.78, 5) is 35.2. The van der Waals surface area contributed by atoms with Gasteiger partial charge in [0, 0.05) is 36.2 Å². The topological polar surface area (TPSA) is 92.3 Å². The number of rotatable bonds is 7. The molecule has 2 amide bonds. The minimum Gasteiger partial charge on any atom is -0.444 e. The molecule has 4 rings (SSSR count). The molecule has 0 bridgehead atoms. The zero-order valence-corrected chi connectivity index (χ0v) is 21.6. The second-order valence-electron chi connectivity index (χ2n) is 10.1. The number of carbonyl (C=O) groups is 2. The number of aromatic nitrogens is 3. The van der Waals surface area contributed by atoms with Crippen LogP contribution in [0.15, 0.2) is 30.5 Å². The fourth-order valence-corrected chi connectivity index (χ4v) is 4.73. The van der Waals surface area contributed by atoms with Gasteiger partial charge in [-0.15, -0.1) is 0 Å². The van der Waals surface area contributed by atoms with Crippen LogP contribution in [-0.2, 0) is 24.2 Å². The van der Waals surface area contributed by atoms with Gasteiger partial charge in [0.2, 0.25) is 0 Å². The van der Waals surface area contributed by atoms with Gasteiger partial charge in [0.25, 0.3) is 5.91 Å². The van der Waals surface area contributed by atoms with E-state index in [-0.39, 0.29) is 24.2 Å². The lowest BCUT2D eigenvalue weighted by atomic mass is 10.0. The summed E-state index contributed by atoms with van der Waals surface area (Å²) in [6.45, 7) is 8.79. The Morgan fingerprint density at radius 2 is 2.03 bits per heavy atom. The highest BCUT2D eigenvalue weighted by Crippen LogP contribution is 2.25. The highest BCUT2D eigenvalue weighted by molar-refractivity contribution is 6.32. The Labute approximate surface area is 211 Å². The van der Waals surface area contributed by atoms with Crippen molar-refractivity contribution >= 4 is 34.5 Å². The van der Waals surface area contributed by atoms with Gasteiger partial charge in [-0.3, -0.25) is 9.69 Å². The Morgan fingerprint density at radius 3 is 2.77 bits per heavy atom. The number of hydrogen-bond acceptors (Lipinski definition) is 4. The van der Waals surface area contributed by atoms with Gasteiger partial charge in [-0.1, -0.05) is 49.6 Å². The van der Waals surface area contributed by atoms with E-state index in [0.29, 0.717) is 30.5 Å². The summed E-state index contributed by atoms with van der Waals surface area (Å²) in [5.41, 5.74) is 1.88. The molecule has 1 aromatic carbocycles. The Morgan fingerprint density at radius 1 is 1.26 bits per heavy atom. The van der Waals surface area contributed by atoms with Crippen LogP contribution in [0.25, 0.3) is 10.9 Å². The van der Waals surface area contributed by atoms with Gasteiger partial charge in [0.05, 0.1) is 6.54 Å². The van der Waals surface area contributed by atoms with Crippen molar-refractivity contribution in [3.8, 4) is 0 Å². The maximum absolute atomic E-state index is 13.3. The van der Waals surface area contributed by atoms with Crippen LogP contribution in [0.5, 0.6) is 0 Å². The predicted octanol–water partition coefficient (Wildman–Crippen LogP) is 5.30. The molecule has 8 nitrogen and oxygen atoms in total. The van der Waals surface area contributed by atoms with Crippen LogP contribution in [0.2, 0.25) is 5.15 Å². The van der Waals surface area contributed by atoms with E-state index in [0.717, 1.165) is 24.8 Å². The van der Waals surface area contributed by atoms with Crippen molar-refractivity contribution in [3.05, 3.63) is 52.7 Å². The number of aromatic amines is 1. The molecule has 35 heavy (non-hydrogen) atoms. The Hall–Kier alpha value is -3.00. The molecule has 188 valence electrons. The molecule has 2 aromatic heterocycles. The van der Waals surface area contributed by atoms with Crippen molar-refractivity contribution in [2.24, 2.45) is 0 Å². The number of amides is 2. The van der Waals surface area contributed by atoms with Crippen LogP contribution in [0.1, 0.15) is 68.8 Å². The van der Waals surface area contributed by atoms with Gasteiger partial charge in [-0.2, -0.15) is 0 Å². The van der Waals surface area contributed by atoms with E-state index in [4.69, 9.17) is 16.3 Å². The first-order valence-corrected chi connectivity index (χ1v) is 12.6. The monoisotopic (exact) mass is 499 g/mol. The number of hydrogen-bond donors (Lipinski definition) is 2. The molecule has 3 aromatic rings. The van der Waals surface area contributed by atoms with Crippen molar-refractivity contribution in [1.29, 1.82) is 0 Å². The summed E-state index contributed by atoms with van der Waals surface area (Å²) in [7, 11) is 0. The third kappa shape index (κ3) is 5.81. The van der Waals surface area contributed by atoms with Crippen LogP contribution in [-0.4, -0.2) is 49.6 Å². The van der Waals surface area contributed by atoms with Crippen LogP contribution in [0.3, 0.4) is 0 Å². The fraction of sp³-hybridized carbons (Fsp3) is 0.500. The molecule has 0 spiro atoms. The molecular formula is C26H34ClN5O3. The second-order valence-corrected chi connectivity index (χ2v) is 10.5. The summed E-state index contributed by atoms with van der Waals surface area (Å²) < 4.78 is 7.29. The fourth-order valence-electron chi connectivity index (χ4n) is 4.42. The first kappa shape index (κ1) is 25.1. The van der Waals surface area contributed by atoms with Crippen LogP contribution in [0.4, 0.5) is 4.79 Å². The minimum atomic E-state index is -0.578. The maximum atomic E-state index is 13.3. The van der Waals surface area contributed by atoms with E-state index in [9.17, 15) is 9.59 Å². The number of para-hydroxylation sites is 1. The van der Waals surface area contributed by atoms with E-state index in [1.54, 1.807) is 9.47 Å². The van der Waals surface area contributed by atoms with Gasteiger partial charge < -0.3 is 19.6 Å². The standard InChI is InChI=1S/C26H34ClN5O3/c1-5-6-9-18(14-17-15-28-20-11-8-7-10-19(17)20)29-24(33)22-23(27)32-13-12-31(16-21(32)30-22)25(34)35-26(2,3)4/h7-8,10-11,15,18,28H,5-6,9,12-14,16H2,1-4H3,(H,29,33). The number of halogens is 1. The summed E-state index contributed by atoms with van der Waals surface area (Å²) in [6, 6.07) is 8.13. The molecule has 2 N–H and O–H groups in total. The normalized spacial score (nSPS) is 14.6. The first-order valence-electron chi connectivity index (χ1n) is 12.2. The number of unbranched alkanes of at least 4 members (excludes halogenated alkanes) is 1. The lowest BCUT2D eigenvalue weighted by Gasteiger charge is -2.30. The van der Waals surface area contributed by atoms with Crippen LogP contribution in [0, 0.1) is 0 Å². The Kier molecular flexibility index (Phi) is 7.40. The highest BCUT2D eigenvalue weighted by atomic mass is 35.5. The maximum Gasteiger partial charge on any atom is 0.410 e. The summed E-state index contributed by atoms with van der Waals surface area (Å²) in [5, 5.41) is 4.64. The quantitative estimate of drug-likeness (QED) is 0.461. The zero-order valence-electron chi connectivity index (χ0n) is 20.9. The summed E-state index contributed by atoms with van der Waals surface area (Å²) in [5.74, 6) is 0.292. The lowest BCUT2D eigenvalue weighted by Crippen LogP contribution is -2.41. The summed E-state index contributed by atoms with van der Waals surface area (Å²) in [6.07, 6.45) is 5.24. The van der Waals surface area contributed by atoms with Crippen molar-refractivity contribution in [2.45, 2.75) is 78.1 Å². The molecule has 3 heterocycles. The van der Waals surface area contributed by atoms with Gasteiger partial charge in [0.15, 0.2) is 5.69 Å². The molecule has 0 fully saturated rings. The minimum absolute atomic E-state index is 0.0466. The van der Waals surface area contributed by atoms with Crippen molar-refractivity contribution in [3.63, 3.8) is 0 Å². The van der Waals surface area contributed by atoms with Crippen molar-refractivity contribution in [2.75, 3.05) is 6.54 Å². The zero-order chi connectivity index (χ0) is 25.2. The first-order chi connectivity index (χ1) is 16.7. The SMILES string of the molecule is CCCCC(Cc1c[nH]c2ccccc12)NC(=O)c1nc2n(c1Cl)CCN(C(=O)OC(C)(C)C)C2. The number of fused-ring (bicyclic) bond motifs is 2. The Balaban J connectivity index is 1.48. The third-order valence-electron chi connectivity index (χ3n) is 6.16. The largest absolute Gasteiger partial charge is 0.444 e. The molecule has 1 aliphatic heterocycles. The van der Waals surface area contributed by atoms with E-state index in [1.165, 1.54) is 10.9 Å². The van der Waals surface area contributed by atoms with E-state index in [2.05, 4.69) is 34.3 Å². The number of benzene rings is 1. The predicted molar refractivity (Wildman–Crippen MR) is 137 cm³/mol. The smallest absolute Gasteiger partial charge is 0.410 e. The molecule has 0 saturated heterocycles. The molecule has 1 aliphatic rings. The highest BCUT2D eigenvalue weighted by Gasteiger charge is 2.31. The van der Waals surface area contributed by atoms with Crippen molar-refractivity contribution < 1.29 is 14.3 Å². The molecule has 1 atom stereocenters. The summed E-state index contributed by atoms with van der Waals surface area (Å²) >= 11 is 6.58. The second kappa shape index (κ2) is 10.3. The van der Waals surface area contributed by atoms with Gasteiger partial charge in [-0.05, 0) is 45.2 Å². The average Bonchev–Trinajstić information content (AvgIpc) is 3.37. The molecule has 0 aliphatic carbocycles. The van der Waals surface area contributed by atoms with Crippen molar-refractivity contribution in [1.82, 2.24) is 24.8 Å². The number of nitrogens with zero attached hydrogens (tertiary/aromatic N) is 3. The molecular weight excluding hydrogens is 466 g/mol. The number of nitrogens with one attached hydrogen (secondary N) is 2. The van der Waals surface area contributed by atoms with Crippen LogP contribution < -0.4 is 5.32 Å². The van der Waals surface area contributed by atoms with Gasteiger partial charge >= 0.3 is 6.09 Å². The van der Waals surface area contributed by atoms with Gasteiger partial charge in [-0.25, -0.2) is 9.78 Å².